The zero-order chi connectivity index (χ0) is 16.5. The zero-order valence-corrected chi connectivity index (χ0v) is 12.9. The third-order valence-corrected chi connectivity index (χ3v) is 3.13. The van der Waals surface area contributed by atoms with E-state index in [1.54, 1.807) is 19.3 Å². The molecule has 1 radical (unpaired) electrons. The molecule has 0 aliphatic rings. The summed E-state index contributed by atoms with van der Waals surface area (Å²) < 4.78 is 5.02. The lowest BCUT2D eigenvalue weighted by Gasteiger charge is -2.28. The largest absolute Gasteiger partial charge is 0.362 e. The number of carbonyl (C=O) groups is 2. The number of ether oxygens (including phenoxy) is 1. The van der Waals surface area contributed by atoms with Gasteiger partial charge in [-0.3, -0.25) is 14.5 Å². The second kappa shape index (κ2) is 8.74. The van der Waals surface area contributed by atoms with Crippen molar-refractivity contribution in [2.24, 2.45) is 0 Å². The number of rotatable bonds is 6. The van der Waals surface area contributed by atoms with Gasteiger partial charge in [-0.2, -0.15) is 0 Å². The molecule has 1 unspecified atom stereocenters. The third-order valence-electron chi connectivity index (χ3n) is 3.13. The van der Waals surface area contributed by atoms with Gasteiger partial charge >= 0.3 is 6.03 Å². The number of imide groups is 1. The van der Waals surface area contributed by atoms with Crippen LogP contribution in [0.25, 0.3) is 6.08 Å². The minimum atomic E-state index is -0.625. The molecule has 0 aromatic heterocycles. The van der Waals surface area contributed by atoms with E-state index >= 15 is 0 Å². The van der Waals surface area contributed by atoms with Gasteiger partial charge in [0.05, 0.1) is 6.54 Å². The van der Waals surface area contributed by atoms with E-state index in [0.717, 1.165) is 10.5 Å². The molecule has 0 aliphatic heterocycles. The van der Waals surface area contributed by atoms with E-state index < -0.39 is 24.7 Å². The smallest absolute Gasteiger partial charge is 0.329 e. The fourth-order valence-electron chi connectivity index (χ4n) is 1.63. The first-order valence-corrected chi connectivity index (χ1v) is 6.70. The summed E-state index contributed by atoms with van der Waals surface area (Å²) in [4.78, 5) is 37.0. The van der Waals surface area contributed by atoms with Crippen molar-refractivity contribution >= 4 is 24.3 Å². The average Bonchev–Trinajstić information content (AvgIpc) is 2.56. The standard InChI is InChI=1S/C16H19N2O4/c1-13(22-3)17(2)16(21)18(11-12-19)15(20)10-9-14-7-5-4-6-8-14/h4-10,13H,11H2,1-3H3/b10-9+. The molecule has 0 bridgehead atoms. The maximum absolute atomic E-state index is 12.2. The van der Waals surface area contributed by atoms with Gasteiger partial charge in [0.15, 0.2) is 0 Å². The highest BCUT2D eigenvalue weighted by Gasteiger charge is 2.25. The maximum atomic E-state index is 12.2. The number of amides is 3. The predicted molar refractivity (Wildman–Crippen MR) is 82.5 cm³/mol. The Kier molecular flexibility index (Phi) is 6.98. The number of nitrogens with zero attached hydrogens (tertiary/aromatic N) is 2. The van der Waals surface area contributed by atoms with Crippen molar-refractivity contribution in [3.8, 4) is 0 Å². The molecule has 22 heavy (non-hydrogen) atoms. The van der Waals surface area contributed by atoms with E-state index in [2.05, 4.69) is 0 Å². The lowest BCUT2D eigenvalue weighted by Crippen LogP contribution is -2.48. The van der Waals surface area contributed by atoms with E-state index in [-0.39, 0.29) is 0 Å². The van der Waals surface area contributed by atoms with Gasteiger partial charge in [0.1, 0.15) is 6.23 Å². The van der Waals surface area contributed by atoms with Crippen molar-refractivity contribution in [2.75, 3.05) is 20.7 Å². The Labute approximate surface area is 130 Å². The third kappa shape index (κ3) is 4.82. The van der Waals surface area contributed by atoms with Gasteiger partial charge < -0.3 is 9.64 Å². The molecular weight excluding hydrogens is 284 g/mol. The Balaban J connectivity index is 2.85. The van der Waals surface area contributed by atoms with Crippen LogP contribution >= 0.6 is 0 Å². The molecule has 1 atom stereocenters. The molecule has 0 aliphatic carbocycles. The first kappa shape index (κ1) is 17.6. The molecule has 0 fully saturated rings. The van der Waals surface area contributed by atoms with Crippen LogP contribution in [0, 0.1) is 0 Å². The van der Waals surface area contributed by atoms with E-state index in [0.29, 0.717) is 0 Å². The number of hydrogen-bond acceptors (Lipinski definition) is 4. The molecule has 0 saturated heterocycles. The summed E-state index contributed by atoms with van der Waals surface area (Å²) in [6.45, 7) is 1.22. The topological polar surface area (TPSA) is 66.9 Å². The van der Waals surface area contributed by atoms with Crippen LogP contribution in [0.5, 0.6) is 0 Å². The number of hydrogen-bond donors (Lipinski definition) is 0. The Morgan fingerprint density at radius 2 is 1.95 bits per heavy atom. The van der Waals surface area contributed by atoms with Gasteiger partial charge in [-0.15, -0.1) is 0 Å². The first-order valence-electron chi connectivity index (χ1n) is 6.70. The van der Waals surface area contributed by atoms with Gasteiger partial charge in [-0.05, 0) is 18.6 Å². The summed E-state index contributed by atoms with van der Waals surface area (Å²) in [5.74, 6) is -0.590. The summed E-state index contributed by atoms with van der Waals surface area (Å²) in [5, 5.41) is 0. The SMILES string of the molecule is COC(C)N(C)C(=O)N(C[C]=O)C(=O)/C=C/c1ccccc1. The summed E-state index contributed by atoms with van der Waals surface area (Å²) in [6.07, 6.45) is 3.87. The van der Waals surface area contributed by atoms with Crippen LogP contribution in [0.1, 0.15) is 12.5 Å². The van der Waals surface area contributed by atoms with Crippen molar-refractivity contribution in [3.05, 3.63) is 42.0 Å². The van der Waals surface area contributed by atoms with Crippen LogP contribution in [0.3, 0.4) is 0 Å². The first-order chi connectivity index (χ1) is 10.5. The fourth-order valence-corrected chi connectivity index (χ4v) is 1.63. The van der Waals surface area contributed by atoms with Crippen LogP contribution in [0.2, 0.25) is 0 Å². The van der Waals surface area contributed by atoms with Crippen molar-refractivity contribution in [1.29, 1.82) is 0 Å². The molecular formula is C16H19N2O4. The number of benzene rings is 1. The Morgan fingerprint density at radius 3 is 2.50 bits per heavy atom. The van der Waals surface area contributed by atoms with Gasteiger partial charge in [0, 0.05) is 20.2 Å². The van der Waals surface area contributed by atoms with Crippen LogP contribution in [0.4, 0.5) is 4.79 Å². The minimum absolute atomic E-state index is 0.433. The van der Waals surface area contributed by atoms with E-state index in [1.165, 1.54) is 25.1 Å². The molecule has 1 aromatic carbocycles. The lowest BCUT2D eigenvalue weighted by atomic mass is 10.2. The summed E-state index contributed by atoms with van der Waals surface area (Å²) in [6, 6.07) is 8.54. The van der Waals surface area contributed by atoms with E-state index in [9.17, 15) is 14.4 Å². The highest BCUT2D eigenvalue weighted by atomic mass is 16.5. The number of carbonyl (C=O) groups excluding carboxylic acids is 3. The molecule has 3 amide bonds. The molecule has 1 rings (SSSR count). The molecule has 1 aromatic rings. The summed E-state index contributed by atoms with van der Waals surface area (Å²) >= 11 is 0. The molecule has 0 saturated carbocycles. The van der Waals surface area contributed by atoms with Gasteiger partial charge in [0.25, 0.3) is 5.91 Å². The monoisotopic (exact) mass is 303 g/mol. The maximum Gasteiger partial charge on any atom is 0.329 e. The fraction of sp³-hybridized carbons (Fsp3) is 0.312. The Bertz CT molecular complexity index is 542. The summed E-state index contributed by atoms with van der Waals surface area (Å²) in [7, 11) is 2.93. The Morgan fingerprint density at radius 1 is 1.32 bits per heavy atom. The van der Waals surface area contributed by atoms with Gasteiger partial charge in [0.2, 0.25) is 6.29 Å². The van der Waals surface area contributed by atoms with Crippen molar-refractivity contribution in [1.82, 2.24) is 9.80 Å². The highest BCUT2D eigenvalue weighted by molar-refractivity contribution is 6.03. The van der Waals surface area contributed by atoms with Crippen LogP contribution in [-0.4, -0.2) is 55.0 Å². The van der Waals surface area contributed by atoms with Crippen molar-refractivity contribution in [2.45, 2.75) is 13.2 Å². The van der Waals surface area contributed by atoms with Crippen LogP contribution in [0.15, 0.2) is 36.4 Å². The van der Waals surface area contributed by atoms with Crippen LogP contribution in [-0.2, 0) is 14.3 Å². The number of methoxy groups -OCH3 is 1. The number of urea groups is 1. The van der Waals surface area contributed by atoms with Gasteiger partial charge in [-0.25, -0.2) is 4.79 Å². The lowest BCUT2D eigenvalue weighted by molar-refractivity contribution is -0.123. The molecule has 6 nitrogen and oxygen atoms in total. The second-order valence-corrected chi connectivity index (χ2v) is 4.54. The molecule has 0 heterocycles. The molecule has 0 N–H and O–H groups in total. The normalized spacial score (nSPS) is 12.0. The van der Waals surface area contributed by atoms with E-state index in [1.807, 2.05) is 30.3 Å². The van der Waals surface area contributed by atoms with Crippen LogP contribution < -0.4 is 0 Å². The quantitative estimate of drug-likeness (QED) is 0.592. The zero-order valence-electron chi connectivity index (χ0n) is 12.9. The highest BCUT2D eigenvalue weighted by Crippen LogP contribution is 2.06. The summed E-state index contributed by atoms with van der Waals surface area (Å²) in [5.41, 5.74) is 0.817. The second-order valence-electron chi connectivity index (χ2n) is 4.54. The Hall–Kier alpha value is -2.47. The van der Waals surface area contributed by atoms with Crippen molar-refractivity contribution < 1.29 is 19.1 Å². The molecule has 117 valence electrons. The van der Waals surface area contributed by atoms with Crippen molar-refractivity contribution in [3.63, 3.8) is 0 Å². The van der Waals surface area contributed by atoms with E-state index in [4.69, 9.17) is 4.74 Å². The predicted octanol–water partition coefficient (Wildman–Crippen LogP) is 1.68. The van der Waals surface area contributed by atoms with Gasteiger partial charge in [-0.1, -0.05) is 30.3 Å². The average molecular weight is 303 g/mol. The molecule has 0 spiro atoms. The minimum Gasteiger partial charge on any atom is -0.362 e. The molecule has 6 heteroatoms.